The molecule has 5 N–H and O–H groups in total. The minimum atomic E-state index is -4.22. The standard InChI is InChI=1S/C23H22F4IN5O3S/c1-23(2,3)33-37(35,36)32-22-18(26)11(6-7-30-22)8-12-9-14(21(29)34)20(19(27)17(12)25)31-16-5-4-13(28)10-15(16)24/h4-7,9-10,31,33H,8H2,1-3H3,(H2,29,34)(H,30,32). The first kappa shape index (κ1) is 28.6. The second kappa shape index (κ2) is 10.8. The number of nitrogens with one attached hydrogen (secondary N) is 3. The zero-order valence-corrected chi connectivity index (χ0v) is 22.7. The van der Waals surface area contributed by atoms with Gasteiger partial charge in [0.05, 0.1) is 16.9 Å². The molecule has 0 unspecified atom stereocenters. The molecule has 37 heavy (non-hydrogen) atoms. The number of halogens is 5. The third kappa shape index (κ3) is 7.07. The smallest absolute Gasteiger partial charge is 0.300 e. The number of carbonyl (C=O) groups is 1. The summed E-state index contributed by atoms with van der Waals surface area (Å²) in [4.78, 5) is 15.7. The molecule has 1 heterocycles. The highest BCUT2D eigenvalue weighted by Crippen LogP contribution is 2.32. The lowest BCUT2D eigenvalue weighted by Gasteiger charge is -2.21. The highest BCUT2D eigenvalue weighted by atomic mass is 127. The van der Waals surface area contributed by atoms with Crippen molar-refractivity contribution in [3.63, 3.8) is 0 Å². The Morgan fingerprint density at radius 2 is 1.70 bits per heavy atom. The summed E-state index contributed by atoms with van der Waals surface area (Å²) >= 11 is 1.86. The van der Waals surface area contributed by atoms with E-state index in [0.29, 0.717) is 3.57 Å². The van der Waals surface area contributed by atoms with Crippen LogP contribution in [0, 0.1) is 26.8 Å². The molecule has 0 atom stereocenters. The molecule has 0 spiro atoms. The lowest BCUT2D eigenvalue weighted by atomic mass is 10.00. The van der Waals surface area contributed by atoms with Crippen LogP contribution in [-0.4, -0.2) is 24.8 Å². The van der Waals surface area contributed by atoms with E-state index in [1.807, 2.05) is 27.3 Å². The van der Waals surface area contributed by atoms with Crippen molar-refractivity contribution in [2.24, 2.45) is 5.73 Å². The van der Waals surface area contributed by atoms with Crippen molar-refractivity contribution in [1.29, 1.82) is 0 Å². The van der Waals surface area contributed by atoms with Crippen LogP contribution in [0.4, 0.5) is 34.8 Å². The Kier molecular flexibility index (Phi) is 8.34. The van der Waals surface area contributed by atoms with Gasteiger partial charge in [0.25, 0.3) is 5.91 Å². The van der Waals surface area contributed by atoms with Crippen LogP contribution in [-0.2, 0) is 16.6 Å². The minimum absolute atomic E-state index is 0.227. The van der Waals surface area contributed by atoms with Gasteiger partial charge in [-0.3, -0.25) is 9.52 Å². The minimum Gasteiger partial charge on any atom is -0.366 e. The number of hydrogen-bond acceptors (Lipinski definition) is 5. The molecule has 0 aliphatic carbocycles. The topological polar surface area (TPSA) is 126 Å². The van der Waals surface area contributed by atoms with E-state index in [2.05, 4.69) is 15.0 Å². The molecule has 8 nitrogen and oxygen atoms in total. The molecular weight excluding hydrogens is 629 g/mol. The van der Waals surface area contributed by atoms with Crippen molar-refractivity contribution < 1.29 is 30.8 Å². The molecule has 0 fully saturated rings. The molecule has 0 saturated heterocycles. The Labute approximate surface area is 224 Å². The SMILES string of the molecule is CC(C)(C)NS(=O)(=O)Nc1nccc(Cc2cc(C(N)=O)c(Nc3ccc(I)cc3F)c(F)c2F)c1F. The summed E-state index contributed by atoms with van der Waals surface area (Å²) in [6.45, 7) is 4.72. The first-order chi connectivity index (χ1) is 17.1. The van der Waals surface area contributed by atoms with Gasteiger partial charge >= 0.3 is 10.2 Å². The number of hydrogen-bond donors (Lipinski definition) is 4. The number of anilines is 3. The highest BCUT2D eigenvalue weighted by molar-refractivity contribution is 14.1. The van der Waals surface area contributed by atoms with E-state index in [0.717, 1.165) is 24.4 Å². The van der Waals surface area contributed by atoms with E-state index < -0.39 is 74.0 Å². The van der Waals surface area contributed by atoms with Crippen LogP contribution in [0.2, 0.25) is 0 Å². The monoisotopic (exact) mass is 651 g/mol. The number of primary amides is 1. The Balaban J connectivity index is 1.99. The Morgan fingerprint density at radius 1 is 1.03 bits per heavy atom. The summed E-state index contributed by atoms with van der Waals surface area (Å²) in [5, 5.41) is 2.35. The molecular formula is C23H22F4IN5O3S. The van der Waals surface area contributed by atoms with Gasteiger partial charge in [-0.05, 0) is 84.8 Å². The van der Waals surface area contributed by atoms with Crippen molar-refractivity contribution in [2.75, 3.05) is 10.0 Å². The highest BCUT2D eigenvalue weighted by Gasteiger charge is 2.25. The summed E-state index contributed by atoms with van der Waals surface area (Å²) < 4.78 is 88.7. The molecule has 14 heteroatoms. The molecule has 198 valence electrons. The van der Waals surface area contributed by atoms with Gasteiger partial charge in [-0.1, -0.05) is 0 Å². The average Bonchev–Trinajstić information content (AvgIpc) is 2.75. The number of carbonyl (C=O) groups excluding carboxylic acids is 1. The number of nitrogens with zero attached hydrogens (tertiary/aromatic N) is 1. The number of aromatic nitrogens is 1. The molecule has 0 aliphatic heterocycles. The molecule has 0 aliphatic rings. The number of pyridine rings is 1. The van der Waals surface area contributed by atoms with Crippen molar-refractivity contribution in [2.45, 2.75) is 32.7 Å². The molecule has 0 saturated carbocycles. The zero-order chi connectivity index (χ0) is 27.7. The van der Waals surface area contributed by atoms with Crippen LogP contribution < -0.4 is 20.5 Å². The van der Waals surface area contributed by atoms with E-state index >= 15 is 13.2 Å². The van der Waals surface area contributed by atoms with Gasteiger partial charge in [-0.15, -0.1) is 0 Å². The summed E-state index contributed by atoms with van der Waals surface area (Å²) in [5.74, 6) is -6.70. The van der Waals surface area contributed by atoms with Gasteiger partial charge in [0.15, 0.2) is 23.3 Å². The van der Waals surface area contributed by atoms with Gasteiger partial charge < -0.3 is 11.1 Å². The fraction of sp³-hybridized carbons (Fsp3) is 0.217. The van der Waals surface area contributed by atoms with E-state index in [9.17, 15) is 17.6 Å². The average molecular weight is 651 g/mol. The lowest BCUT2D eigenvalue weighted by molar-refractivity contribution is 0.100. The summed E-state index contributed by atoms with van der Waals surface area (Å²) in [5.41, 5.74) is 2.36. The van der Waals surface area contributed by atoms with Crippen LogP contribution >= 0.6 is 22.6 Å². The van der Waals surface area contributed by atoms with Crippen LogP contribution in [0.5, 0.6) is 0 Å². The molecule has 3 rings (SSSR count). The van der Waals surface area contributed by atoms with Crippen LogP contribution in [0.1, 0.15) is 42.3 Å². The zero-order valence-electron chi connectivity index (χ0n) is 19.7. The fourth-order valence-corrected chi connectivity index (χ4v) is 5.01. The van der Waals surface area contributed by atoms with Gasteiger partial charge in [0.1, 0.15) is 5.82 Å². The summed E-state index contributed by atoms with van der Waals surface area (Å²) in [7, 11) is -4.22. The van der Waals surface area contributed by atoms with Gasteiger partial charge in [0.2, 0.25) is 0 Å². The lowest BCUT2D eigenvalue weighted by Crippen LogP contribution is -2.43. The van der Waals surface area contributed by atoms with E-state index in [4.69, 9.17) is 5.73 Å². The van der Waals surface area contributed by atoms with E-state index in [1.165, 1.54) is 12.1 Å². The van der Waals surface area contributed by atoms with Crippen molar-refractivity contribution in [3.05, 3.63) is 80.1 Å². The first-order valence-electron chi connectivity index (χ1n) is 10.6. The molecule has 1 amide bonds. The molecule has 1 aromatic heterocycles. The van der Waals surface area contributed by atoms with Gasteiger partial charge in [0, 0.05) is 21.7 Å². The summed E-state index contributed by atoms with van der Waals surface area (Å²) in [6.07, 6.45) is 0.489. The molecule has 3 aromatic rings. The van der Waals surface area contributed by atoms with Gasteiger partial charge in [-0.25, -0.2) is 22.5 Å². The van der Waals surface area contributed by atoms with Crippen molar-refractivity contribution in [3.8, 4) is 0 Å². The summed E-state index contributed by atoms with van der Waals surface area (Å²) in [6, 6.07) is 5.98. The Morgan fingerprint density at radius 3 is 2.30 bits per heavy atom. The Hall–Kier alpha value is -2.98. The Bertz CT molecular complexity index is 1480. The second-order valence-electron chi connectivity index (χ2n) is 8.97. The quantitative estimate of drug-likeness (QED) is 0.207. The normalized spacial score (nSPS) is 11.9. The third-order valence-electron chi connectivity index (χ3n) is 4.76. The molecule has 2 aromatic carbocycles. The van der Waals surface area contributed by atoms with Crippen LogP contribution in [0.25, 0.3) is 0 Å². The number of nitrogens with two attached hydrogens (primary N) is 1. The van der Waals surface area contributed by atoms with Crippen molar-refractivity contribution >= 4 is 55.9 Å². The van der Waals surface area contributed by atoms with Crippen LogP contribution in [0.15, 0.2) is 36.5 Å². The maximum Gasteiger partial charge on any atom is 0.300 e. The third-order valence-corrected chi connectivity index (χ3v) is 6.77. The maximum absolute atomic E-state index is 15.1. The number of amides is 1. The fourth-order valence-electron chi connectivity index (χ4n) is 3.30. The largest absolute Gasteiger partial charge is 0.366 e. The van der Waals surface area contributed by atoms with Crippen LogP contribution in [0.3, 0.4) is 0 Å². The van der Waals surface area contributed by atoms with E-state index in [-0.39, 0.29) is 11.3 Å². The van der Waals surface area contributed by atoms with Gasteiger partial charge in [-0.2, -0.15) is 13.1 Å². The second-order valence-corrected chi connectivity index (χ2v) is 11.6. The molecule has 0 bridgehead atoms. The van der Waals surface area contributed by atoms with Crippen molar-refractivity contribution in [1.82, 2.24) is 9.71 Å². The first-order valence-corrected chi connectivity index (χ1v) is 13.1. The number of benzene rings is 2. The van der Waals surface area contributed by atoms with E-state index in [1.54, 1.807) is 20.8 Å². The predicted molar refractivity (Wildman–Crippen MR) is 140 cm³/mol. The number of rotatable bonds is 8. The maximum atomic E-state index is 15.1. The predicted octanol–water partition coefficient (Wildman–Crippen LogP) is 4.72. The molecule has 0 radical (unpaired) electrons.